The molecule has 0 aliphatic rings. The summed E-state index contributed by atoms with van der Waals surface area (Å²) >= 11 is 1.45. The Labute approximate surface area is 149 Å². The van der Waals surface area contributed by atoms with Crippen LogP contribution in [0.2, 0.25) is 0 Å². The van der Waals surface area contributed by atoms with Gasteiger partial charge < -0.3 is 9.32 Å². The molecule has 0 saturated carbocycles. The van der Waals surface area contributed by atoms with Crippen molar-refractivity contribution in [3.8, 4) is 0 Å². The summed E-state index contributed by atoms with van der Waals surface area (Å²) in [7, 11) is 1.63. The van der Waals surface area contributed by atoms with Crippen LogP contribution in [0.4, 0.5) is 4.39 Å². The van der Waals surface area contributed by atoms with Crippen molar-refractivity contribution in [3.63, 3.8) is 0 Å². The van der Waals surface area contributed by atoms with Crippen molar-refractivity contribution in [2.45, 2.75) is 23.5 Å². The molecule has 0 bridgehead atoms. The molecule has 3 aromatic rings. The van der Waals surface area contributed by atoms with Gasteiger partial charge in [0, 0.05) is 18.1 Å². The Morgan fingerprint density at radius 1 is 1.20 bits per heavy atom. The lowest BCUT2D eigenvalue weighted by molar-refractivity contribution is 0.0746. The minimum atomic E-state index is -0.374. The number of pyridine rings is 1. The van der Waals surface area contributed by atoms with Crippen LogP contribution in [-0.2, 0) is 6.54 Å². The number of benzene rings is 1. The minimum absolute atomic E-state index is 0.206. The molecule has 2 aromatic heterocycles. The number of nitrogens with zero attached hydrogens (tertiary/aromatic N) is 2. The van der Waals surface area contributed by atoms with E-state index in [9.17, 15) is 9.18 Å². The molecule has 0 fully saturated rings. The molecule has 2 heterocycles. The monoisotopic (exact) mass is 356 g/mol. The van der Waals surface area contributed by atoms with E-state index in [0.717, 1.165) is 4.90 Å². The molecule has 6 heteroatoms. The van der Waals surface area contributed by atoms with Gasteiger partial charge in [-0.15, -0.1) is 0 Å². The second-order valence-electron chi connectivity index (χ2n) is 5.66. The number of halogens is 1. The molecule has 1 amide bonds. The average Bonchev–Trinajstić information content (AvgIpc) is 3.05. The highest BCUT2D eigenvalue weighted by molar-refractivity contribution is 7.99. The van der Waals surface area contributed by atoms with Gasteiger partial charge in [-0.1, -0.05) is 29.5 Å². The van der Waals surface area contributed by atoms with Crippen molar-refractivity contribution in [2.24, 2.45) is 0 Å². The van der Waals surface area contributed by atoms with Crippen molar-refractivity contribution in [1.82, 2.24) is 9.88 Å². The molecule has 0 unspecified atom stereocenters. The first-order valence-electron chi connectivity index (χ1n) is 7.71. The zero-order chi connectivity index (χ0) is 17.8. The van der Waals surface area contributed by atoms with Crippen molar-refractivity contribution in [2.75, 3.05) is 7.05 Å². The zero-order valence-electron chi connectivity index (χ0n) is 13.9. The third-order valence-electron chi connectivity index (χ3n) is 3.56. The van der Waals surface area contributed by atoms with Gasteiger partial charge in [0.15, 0.2) is 10.9 Å². The third-order valence-corrected chi connectivity index (χ3v) is 4.48. The van der Waals surface area contributed by atoms with Crippen molar-refractivity contribution >= 4 is 17.7 Å². The van der Waals surface area contributed by atoms with E-state index in [0.29, 0.717) is 10.8 Å². The summed E-state index contributed by atoms with van der Waals surface area (Å²) in [6, 6.07) is 14.1. The summed E-state index contributed by atoms with van der Waals surface area (Å²) in [6.45, 7) is 2.24. The molecule has 128 valence electrons. The lowest BCUT2D eigenvalue weighted by atomic mass is 10.2. The molecule has 25 heavy (non-hydrogen) atoms. The third kappa shape index (κ3) is 4.48. The highest BCUT2D eigenvalue weighted by Crippen LogP contribution is 2.29. The van der Waals surface area contributed by atoms with Crippen LogP contribution in [0.15, 0.2) is 69.1 Å². The predicted molar refractivity (Wildman–Crippen MR) is 94.0 cm³/mol. The van der Waals surface area contributed by atoms with Gasteiger partial charge in [0.25, 0.3) is 5.91 Å². The van der Waals surface area contributed by atoms with Crippen LogP contribution < -0.4 is 0 Å². The second kappa shape index (κ2) is 7.53. The molecule has 0 aliphatic carbocycles. The fourth-order valence-corrected chi connectivity index (χ4v) is 3.02. The van der Waals surface area contributed by atoms with Gasteiger partial charge in [0.2, 0.25) is 0 Å². The maximum atomic E-state index is 13.2. The first kappa shape index (κ1) is 17.2. The van der Waals surface area contributed by atoms with Crippen molar-refractivity contribution in [3.05, 3.63) is 77.6 Å². The first-order chi connectivity index (χ1) is 12.0. The summed E-state index contributed by atoms with van der Waals surface area (Å²) in [5.74, 6) is -0.407. The molecule has 0 saturated heterocycles. The summed E-state index contributed by atoms with van der Waals surface area (Å²) < 4.78 is 18.9. The first-order valence-corrected chi connectivity index (χ1v) is 8.53. The van der Waals surface area contributed by atoms with Crippen LogP contribution >= 0.6 is 11.8 Å². The Bertz CT molecular complexity index is 877. The Kier molecular flexibility index (Phi) is 5.19. The van der Waals surface area contributed by atoms with E-state index < -0.39 is 0 Å². The fraction of sp³-hybridized carbons (Fsp3) is 0.158. The Morgan fingerprint density at radius 2 is 1.96 bits per heavy atom. The average molecular weight is 356 g/mol. The van der Waals surface area contributed by atoms with E-state index in [1.807, 2.05) is 31.2 Å². The van der Waals surface area contributed by atoms with Crippen LogP contribution in [0.3, 0.4) is 0 Å². The van der Waals surface area contributed by atoms with Crippen LogP contribution in [0, 0.1) is 12.7 Å². The number of aromatic nitrogens is 1. The van der Waals surface area contributed by atoms with Crippen LogP contribution in [0.25, 0.3) is 0 Å². The highest BCUT2D eigenvalue weighted by Gasteiger charge is 2.17. The number of rotatable bonds is 5. The smallest absolute Gasteiger partial charge is 0.289 e. The van der Waals surface area contributed by atoms with Crippen LogP contribution in [-0.4, -0.2) is 22.8 Å². The maximum Gasteiger partial charge on any atom is 0.289 e. The van der Waals surface area contributed by atoms with Gasteiger partial charge >= 0.3 is 0 Å². The molecule has 0 atom stereocenters. The number of hydrogen-bond donors (Lipinski definition) is 0. The highest BCUT2D eigenvalue weighted by atomic mass is 32.2. The molecular formula is C19H17FN2O2S. The van der Waals surface area contributed by atoms with E-state index in [1.165, 1.54) is 40.6 Å². The Balaban J connectivity index is 1.66. The lowest BCUT2D eigenvalue weighted by Gasteiger charge is -2.15. The number of carbonyl (C=O) groups is 1. The maximum absolute atomic E-state index is 13.2. The number of furan rings is 1. The molecule has 4 nitrogen and oxygen atoms in total. The number of carbonyl (C=O) groups excluding carboxylic acids is 1. The summed E-state index contributed by atoms with van der Waals surface area (Å²) in [6.07, 6.45) is 1.38. The predicted octanol–water partition coefficient (Wildman–Crippen LogP) is 4.55. The number of aryl methyl sites for hydroxylation is 1. The van der Waals surface area contributed by atoms with E-state index >= 15 is 0 Å². The summed E-state index contributed by atoms with van der Waals surface area (Å²) in [5, 5.41) is 0.643. The molecule has 3 rings (SSSR count). The molecule has 0 radical (unpaired) electrons. The number of amides is 1. The van der Waals surface area contributed by atoms with Crippen LogP contribution in [0.1, 0.15) is 21.8 Å². The normalized spacial score (nSPS) is 10.7. The molecule has 1 aromatic carbocycles. The summed E-state index contributed by atoms with van der Waals surface area (Å²) in [4.78, 5) is 19.0. The molecule has 0 spiro atoms. The van der Waals surface area contributed by atoms with Crippen molar-refractivity contribution in [1.29, 1.82) is 0 Å². The van der Waals surface area contributed by atoms with E-state index in [1.54, 1.807) is 19.2 Å². The molecule has 0 N–H and O–H groups in total. The van der Waals surface area contributed by atoms with Crippen LogP contribution in [0.5, 0.6) is 0 Å². The van der Waals surface area contributed by atoms with Gasteiger partial charge in [0.1, 0.15) is 5.82 Å². The SMILES string of the molecule is Cc1ccc(Sc2ccc(C(=O)N(C)Cc3cc(F)ccn3)o2)cc1. The minimum Gasteiger partial charge on any atom is -0.444 e. The molecule has 0 aliphatic heterocycles. The zero-order valence-corrected chi connectivity index (χ0v) is 14.7. The quantitative estimate of drug-likeness (QED) is 0.673. The van der Waals surface area contributed by atoms with Gasteiger partial charge in [-0.2, -0.15) is 0 Å². The topological polar surface area (TPSA) is 46.3 Å². The standard InChI is InChI=1S/C19H17FN2O2S/c1-13-3-5-16(6-4-13)25-18-8-7-17(24-18)19(23)22(2)12-15-11-14(20)9-10-21-15/h3-11H,12H2,1-2H3. The second-order valence-corrected chi connectivity index (χ2v) is 6.74. The van der Waals surface area contributed by atoms with E-state index in [-0.39, 0.29) is 24.0 Å². The molecular weight excluding hydrogens is 339 g/mol. The van der Waals surface area contributed by atoms with E-state index in [4.69, 9.17) is 4.42 Å². The van der Waals surface area contributed by atoms with Gasteiger partial charge in [-0.05, 0) is 43.3 Å². The Morgan fingerprint density at radius 3 is 2.68 bits per heavy atom. The largest absolute Gasteiger partial charge is 0.444 e. The van der Waals surface area contributed by atoms with Gasteiger partial charge in [0.05, 0.1) is 12.2 Å². The lowest BCUT2D eigenvalue weighted by Crippen LogP contribution is -2.26. The van der Waals surface area contributed by atoms with Crippen molar-refractivity contribution < 1.29 is 13.6 Å². The van der Waals surface area contributed by atoms with Gasteiger partial charge in [-0.25, -0.2) is 4.39 Å². The van der Waals surface area contributed by atoms with Gasteiger partial charge in [-0.3, -0.25) is 9.78 Å². The fourth-order valence-electron chi connectivity index (χ4n) is 2.25. The Hall–Kier alpha value is -2.60. The number of hydrogen-bond acceptors (Lipinski definition) is 4. The summed E-state index contributed by atoms with van der Waals surface area (Å²) in [5.41, 5.74) is 1.67. The van der Waals surface area contributed by atoms with E-state index in [2.05, 4.69) is 4.98 Å².